The Morgan fingerprint density at radius 2 is 1.83 bits per heavy atom. The van der Waals surface area contributed by atoms with Gasteiger partial charge in [0, 0.05) is 25.7 Å². The van der Waals surface area contributed by atoms with E-state index in [-0.39, 0.29) is 23.9 Å². The molecule has 1 amide bonds. The van der Waals surface area contributed by atoms with E-state index in [1.807, 2.05) is 31.2 Å². The number of ether oxygens (including phenoxy) is 2. The van der Waals surface area contributed by atoms with Gasteiger partial charge < -0.3 is 14.4 Å². The summed E-state index contributed by atoms with van der Waals surface area (Å²) in [6.07, 6.45) is 0. The average Bonchev–Trinajstić information content (AvgIpc) is 2.77. The van der Waals surface area contributed by atoms with Gasteiger partial charge in [-0.2, -0.15) is 9.57 Å². The van der Waals surface area contributed by atoms with Gasteiger partial charge in [0.2, 0.25) is 15.9 Å². The fourth-order valence-corrected chi connectivity index (χ4v) is 4.22. The molecule has 8 nitrogen and oxygen atoms in total. The second-order valence-corrected chi connectivity index (χ2v) is 8.79. The average molecular weight is 429 g/mol. The standard InChI is InChI=1S/C21H23N3O5S/c1-3-24(14-17-5-4-6-19-21(17)29-12-11-28-19)20(25)15-23(2)30(26,27)18-9-7-16(13-22)8-10-18/h4-10H,3,11-12,14-15H2,1-2H3. The molecule has 2 aromatic rings. The zero-order valence-electron chi connectivity index (χ0n) is 16.9. The molecular formula is C21H23N3O5S. The van der Waals surface area contributed by atoms with Gasteiger partial charge in [0.15, 0.2) is 11.5 Å². The summed E-state index contributed by atoms with van der Waals surface area (Å²) in [5, 5.41) is 8.87. The largest absolute Gasteiger partial charge is 0.486 e. The Labute approximate surface area is 176 Å². The van der Waals surface area contributed by atoms with E-state index in [1.54, 1.807) is 4.90 Å². The normalized spacial score (nSPS) is 13.0. The van der Waals surface area contributed by atoms with Crippen molar-refractivity contribution in [3.63, 3.8) is 0 Å². The highest BCUT2D eigenvalue weighted by atomic mass is 32.2. The van der Waals surface area contributed by atoms with Crippen LogP contribution in [0.25, 0.3) is 0 Å². The van der Waals surface area contributed by atoms with E-state index in [4.69, 9.17) is 14.7 Å². The van der Waals surface area contributed by atoms with Crippen LogP contribution in [0.2, 0.25) is 0 Å². The van der Waals surface area contributed by atoms with E-state index in [1.165, 1.54) is 31.3 Å². The summed E-state index contributed by atoms with van der Waals surface area (Å²) in [6, 6.07) is 13.0. The smallest absolute Gasteiger partial charge is 0.243 e. The lowest BCUT2D eigenvalue weighted by molar-refractivity contribution is -0.131. The molecule has 0 bridgehead atoms. The number of benzene rings is 2. The Morgan fingerprint density at radius 3 is 2.50 bits per heavy atom. The molecule has 1 aliphatic heterocycles. The third-order valence-electron chi connectivity index (χ3n) is 4.79. The molecule has 30 heavy (non-hydrogen) atoms. The quantitative estimate of drug-likeness (QED) is 0.667. The molecule has 158 valence electrons. The van der Waals surface area contributed by atoms with Crippen LogP contribution in [0.4, 0.5) is 0 Å². The minimum atomic E-state index is -3.86. The van der Waals surface area contributed by atoms with Crippen molar-refractivity contribution < 1.29 is 22.7 Å². The number of para-hydroxylation sites is 1. The van der Waals surface area contributed by atoms with Crippen LogP contribution in [0.15, 0.2) is 47.4 Å². The molecule has 0 aromatic heterocycles. The van der Waals surface area contributed by atoms with Crippen LogP contribution < -0.4 is 9.47 Å². The van der Waals surface area contributed by atoms with Gasteiger partial charge in [-0.25, -0.2) is 8.42 Å². The molecule has 0 aliphatic carbocycles. The topological polar surface area (TPSA) is 99.9 Å². The van der Waals surface area contributed by atoms with Crippen molar-refractivity contribution in [2.45, 2.75) is 18.4 Å². The predicted molar refractivity (Wildman–Crippen MR) is 109 cm³/mol. The lowest BCUT2D eigenvalue weighted by Gasteiger charge is -2.27. The molecular weight excluding hydrogens is 406 g/mol. The molecule has 0 saturated carbocycles. The van der Waals surface area contributed by atoms with Crippen LogP contribution in [-0.2, 0) is 21.4 Å². The second-order valence-electron chi connectivity index (χ2n) is 6.75. The first-order chi connectivity index (χ1) is 14.4. The SMILES string of the molecule is CCN(Cc1cccc2c1OCCO2)C(=O)CN(C)S(=O)(=O)c1ccc(C#N)cc1. The Bertz CT molecular complexity index is 1060. The van der Waals surface area contributed by atoms with E-state index < -0.39 is 10.0 Å². The molecule has 3 rings (SSSR count). The minimum Gasteiger partial charge on any atom is -0.486 e. The number of rotatable bonds is 7. The predicted octanol–water partition coefficient (Wildman–Crippen LogP) is 2.00. The van der Waals surface area contributed by atoms with Crippen molar-refractivity contribution in [1.82, 2.24) is 9.21 Å². The third-order valence-corrected chi connectivity index (χ3v) is 6.61. The highest BCUT2D eigenvalue weighted by molar-refractivity contribution is 7.89. The number of hydrogen-bond donors (Lipinski definition) is 0. The van der Waals surface area contributed by atoms with E-state index in [2.05, 4.69) is 0 Å². The van der Waals surface area contributed by atoms with E-state index in [0.29, 0.717) is 36.8 Å². The van der Waals surface area contributed by atoms with E-state index in [0.717, 1.165) is 9.87 Å². The summed E-state index contributed by atoms with van der Waals surface area (Å²) in [6.45, 7) is 3.14. The number of fused-ring (bicyclic) bond motifs is 1. The fraction of sp³-hybridized carbons (Fsp3) is 0.333. The first kappa shape index (κ1) is 21.6. The number of nitrogens with zero attached hydrogens (tertiary/aromatic N) is 3. The maximum absolute atomic E-state index is 12.8. The summed E-state index contributed by atoms with van der Waals surface area (Å²) in [5.74, 6) is 0.933. The lowest BCUT2D eigenvalue weighted by Crippen LogP contribution is -2.40. The molecule has 0 N–H and O–H groups in total. The van der Waals surface area contributed by atoms with Gasteiger partial charge in [-0.1, -0.05) is 12.1 Å². The van der Waals surface area contributed by atoms with E-state index in [9.17, 15) is 13.2 Å². The first-order valence-corrected chi connectivity index (χ1v) is 10.9. The number of amides is 1. The Balaban J connectivity index is 1.72. The fourth-order valence-electron chi connectivity index (χ4n) is 3.10. The zero-order chi connectivity index (χ0) is 21.7. The maximum atomic E-state index is 12.8. The van der Waals surface area contributed by atoms with Crippen molar-refractivity contribution in [2.24, 2.45) is 0 Å². The van der Waals surface area contributed by atoms with Gasteiger partial charge >= 0.3 is 0 Å². The van der Waals surface area contributed by atoms with Crippen molar-refractivity contribution in [2.75, 3.05) is 33.4 Å². The molecule has 0 fully saturated rings. The third kappa shape index (κ3) is 4.56. The van der Waals surface area contributed by atoms with Crippen LogP contribution in [0, 0.1) is 11.3 Å². The summed E-state index contributed by atoms with van der Waals surface area (Å²) >= 11 is 0. The summed E-state index contributed by atoms with van der Waals surface area (Å²) in [5.41, 5.74) is 1.17. The summed E-state index contributed by atoms with van der Waals surface area (Å²) in [4.78, 5) is 14.4. The lowest BCUT2D eigenvalue weighted by atomic mass is 10.1. The van der Waals surface area contributed by atoms with Crippen LogP contribution in [0.1, 0.15) is 18.1 Å². The van der Waals surface area contributed by atoms with Crippen molar-refractivity contribution in [3.05, 3.63) is 53.6 Å². The van der Waals surface area contributed by atoms with Crippen molar-refractivity contribution in [3.8, 4) is 17.6 Å². The summed E-state index contributed by atoms with van der Waals surface area (Å²) in [7, 11) is -2.49. The Kier molecular flexibility index (Phi) is 6.59. The molecule has 0 spiro atoms. The second kappa shape index (κ2) is 9.15. The van der Waals surface area contributed by atoms with Crippen LogP contribution in [-0.4, -0.2) is 56.9 Å². The Morgan fingerprint density at radius 1 is 1.13 bits per heavy atom. The number of carbonyl (C=O) groups is 1. The molecule has 0 unspecified atom stereocenters. The van der Waals surface area contributed by atoms with Gasteiger partial charge in [0.05, 0.1) is 23.1 Å². The van der Waals surface area contributed by atoms with Gasteiger partial charge in [-0.05, 0) is 37.3 Å². The van der Waals surface area contributed by atoms with Gasteiger partial charge in [-0.15, -0.1) is 0 Å². The number of nitriles is 1. The number of likely N-dealkylation sites (N-methyl/N-ethyl adjacent to an activating group) is 2. The molecule has 9 heteroatoms. The minimum absolute atomic E-state index is 0.0301. The first-order valence-electron chi connectivity index (χ1n) is 9.48. The van der Waals surface area contributed by atoms with Crippen molar-refractivity contribution in [1.29, 1.82) is 5.26 Å². The maximum Gasteiger partial charge on any atom is 0.243 e. The number of hydrogen-bond acceptors (Lipinski definition) is 6. The molecule has 0 radical (unpaired) electrons. The van der Waals surface area contributed by atoms with Gasteiger partial charge in [-0.3, -0.25) is 4.79 Å². The van der Waals surface area contributed by atoms with Gasteiger partial charge in [0.25, 0.3) is 0 Å². The number of carbonyl (C=O) groups excluding carboxylic acids is 1. The molecule has 0 saturated heterocycles. The zero-order valence-corrected chi connectivity index (χ0v) is 17.7. The highest BCUT2D eigenvalue weighted by Crippen LogP contribution is 2.34. The monoisotopic (exact) mass is 429 g/mol. The molecule has 0 atom stereocenters. The van der Waals surface area contributed by atoms with Crippen LogP contribution >= 0.6 is 0 Å². The summed E-state index contributed by atoms with van der Waals surface area (Å²) < 4.78 is 37.8. The van der Waals surface area contributed by atoms with Crippen LogP contribution in [0.3, 0.4) is 0 Å². The molecule has 1 heterocycles. The van der Waals surface area contributed by atoms with Gasteiger partial charge in [0.1, 0.15) is 13.2 Å². The highest BCUT2D eigenvalue weighted by Gasteiger charge is 2.26. The van der Waals surface area contributed by atoms with E-state index >= 15 is 0 Å². The van der Waals surface area contributed by atoms with Crippen LogP contribution in [0.5, 0.6) is 11.5 Å². The Hall–Kier alpha value is -3.09. The number of sulfonamides is 1. The van der Waals surface area contributed by atoms with Crippen molar-refractivity contribution >= 4 is 15.9 Å². The molecule has 1 aliphatic rings. The molecule has 2 aromatic carbocycles.